The highest BCUT2D eigenvalue weighted by Gasteiger charge is 2.50. The molecule has 1 fully saturated rings. The van der Waals surface area contributed by atoms with Crippen LogP contribution in [0.3, 0.4) is 0 Å². The number of rotatable bonds is 4. The Kier molecular flexibility index (Phi) is 3.12. The number of benzene rings is 1. The first-order valence-electron chi connectivity index (χ1n) is 5.29. The molecule has 1 atom stereocenters. The molecule has 0 aromatic heterocycles. The van der Waals surface area contributed by atoms with E-state index in [1.165, 1.54) is 0 Å². The summed E-state index contributed by atoms with van der Waals surface area (Å²) in [4.78, 5) is 0. The molecular weight excluding hydrogens is 257 g/mol. The second kappa shape index (κ2) is 4.22. The maximum atomic E-state index is 13.9. The van der Waals surface area contributed by atoms with Crippen LogP contribution in [-0.4, -0.2) is 12.7 Å². The molecule has 0 heterocycles. The minimum atomic E-state index is -0.788. The predicted molar refractivity (Wildman–Crippen MR) is 63.6 cm³/mol. The average molecular weight is 272 g/mol. The summed E-state index contributed by atoms with van der Waals surface area (Å²) in [6.07, 6.45) is 1.59. The Morgan fingerprint density at radius 3 is 2.40 bits per heavy atom. The van der Waals surface area contributed by atoms with Gasteiger partial charge in [0.1, 0.15) is 6.17 Å². The molecule has 1 aliphatic rings. The standard InChI is InChI=1S/C12H15BrFN/c13-10-3-1-9(2-4-10)12(6-7-12)11(14)5-8-15/h1-4,11H,5-8,15H2. The lowest BCUT2D eigenvalue weighted by molar-refractivity contribution is 0.253. The van der Waals surface area contributed by atoms with Crippen LogP contribution in [0.4, 0.5) is 4.39 Å². The molecule has 0 saturated heterocycles. The molecule has 1 nitrogen and oxygen atoms in total. The highest BCUT2D eigenvalue weighted by molar-refractivity contribution is 9.10. The molecule has 2 rings (SSSR count). The van der Waals surface area contributed by atoms with Crippen molar-refractivity contribution in [1.29, 1.82) is 0 Å². The lowest BCUT2D eigenvalue weighted by Gasteiger charge is -2.20. The van der Waals surface area contributed by atoms with Gasteiger partial charge in [0.25, 0.3) is 0 Å². The van der Waals surface area contributed by atoms with Crippen molar-refractivity contribution in [1.82, 2.24) is 0 Å². The summed E-state index contributed by atoms with van der Waals surface area (Å²) in [5, 5.41) is 0. The highest BCUT2D eigenvalue weighted by atomic mass is 79.9. The smallest absolute Gasteiger partial charge is 0.111 e. The molecule has 1 saturated carbocycles. The SMILES string of the molecule is NCCC(F)C1(c2ccc(Br)cc2)CC1. The number of alkyl halides is 1. The maximum Gasteiger partial charge on any atom is 0.111 e. The Bertz CT molecular complexity index is 332. The third kappa shape index (κ3) is 2.08. The summed E-state index contributed by atoms with van der Waals surface area (Å²) in [5.74, 6) is 0. The summed E-state index contributed by atoms with van der Waals surface area (Å²) in [7, 11) is 0. The van der Waals surface area contributed by atoms with E-state index < -0.39 is 6.17 Å². The molecule has 15 heavy (non-hydrogen) atoms. The van der Waals surface area contributed by atoms with E-state index in [1.807, 2.05) is 24.3 Å². The zero-order valence-electron chi connectivity index (χ0n) is 8.55. The van der Waals surface area contributed by atoms with Crippen molar-refractivity contribution in [3.8, 4) is 0 Å². The molecule has 0 radical (unpaired) electrons. The highest BCUT2D eigenvalue weighted by Crippen LogP contribution is 2.53. The Hall–Kier alpha value is -0.410. The van der Waals surface area contributed by atoms with Gasteiger partial charge in [0, 0.05) is 9.89 Å². The van der Waals surface area contributed by atoms with Crippen LogP contribution in [-0.2, 0) is 5.41 Å². The van der Waals surface area contributed by atoms with Gasteiger partial charge in [-0.15, -0.1) is 0 Å². The molecule has 1 aliphatic carbocycles. The molecule has 0 spiro atoms. The zero-order chi connectivity index (χ0) is 10.9. The summed E-state index contributed by atoms with van der Waals surface area (Å²) in [6.45, 7) is 0.430. The minimum absolute atomic E-state index is 0.222. The number of hydrogen-bond acceptors (Lipinski definition) is 1. The molecule has 0 bridgehead atoms. The molecular formula is C12H15BrFN. The summed E-state index contributed by atoms with van der Waals surface area (Å²) < 4.78 is 15.0. The molecule has 2 N–H and O–H groups in total. The van der Waals surface area contributed by atoms with Gasteiger partial charge in [-0.1, -0.05) is 28.1 Å². The van der Waals surface area contributed by atoms with Gasteiger partial charge < -0.3 is 5.73 Å². The molecule has 0 amide bonds. The van der Waals surface area contributed by atoms with Crippen LogP contribution in [0.1, 0.15) is 24.8 Å². The fraction of sp³-hybridized carbons (Fsp3) is 0.500. The van der Waals surface area contributed by atoms with Crippen molar-refractivity contribution < 1.29 is 4.39 Å². The fourth-order valence-electron chi connectivity index (χ4n) is 2.12. The van der Waals surface area contributed by atoms with E-state index in [9.17, 15) is 4.39 Å². The van der Waals surface area contributed by atoms with Crippen molar-refractivity contribution in [3.05, 3.63) is 34.3 Å². The predicted octanol–water partition coefficient (Wildman–Crippen LogP) is 3.17. The van der Waals surface area contributed by atoms with E-state index in [-0.39, 0.29) is 5.41 Å². The van der Waals surface area contributed by atoms with E-state index in [0.717, 1.165) is 22.9 Å². The Balaban J connectivity index is 2.19. The zero-order valence-corrected chi connectivity index (χ0v) is 10.1. The van der Waals surface area contributed by atoms with Crippen LogP contribution in [0.25, 0.3) is 0 Å². The van der Waals surface area contributed by atoms with Gasteiger partial charge >= 0.3 is 0 Å². The van der Waals surface area contributed by atoms with Gasteiger partial charge in [-0.2, -0.15) is 0 Å². The van der Waals surface area contributed by atoms with Gasteiger partial charge in [0.05, 0.1) is 0 Å². The second-order valence-electron chi connectivity index (χ2n) is 4.21. The van der Waals surface area contributed by atoms with Crippen LogP contribution < -0.4 is 5.73 Å². The number of nitrogens with two attached hydrogens (primary N) is 1. The van der Waals surface area contributed by atoms with Crippen LogP contribution in [0.5, 0.6) is 0 Å². The Morgan fingerprint density at radius 1 is 1.33 bits per heavy atom. The maximum absolute atomic E-state index is 13.9. The average Bonchev–Trinajstić information content (AvgIpc) is 3.00. The lowest BCUT2D eigenvalue weighted by atomic mass is 9.89. The van der Waals surface area contributed by atoms with Crippen LogP contribution in [0.2, 0.25) is 0 Å². The van der Waals surface area contributed by atoms with Crippen LogP contribution >= 0.6 is 15.9 Å². The summed E-state index contributed by atoms with van der Waals surface area (Å²) in [5.41, 5.74) is 6.30. The largest absolute Gasteiger partial charge is 0.330 e. The topological polar surface area (TPSA) is 26.0 Å². The number of halogens is 2. The van der Waals surface area contributed by atoms with Crippen molar-refractivity contribution in [2.75, 3.05) is 6.54 Å². The van der Waals surface area contributed by atoms with Gasteiger partial charge in [-0.05, 0) is 43.5 Å². The van der Waals surface area contributed by atoms with E-state index >= 15 is 0 Å². The molecule has 0 aliphatic heterocycles. The van der Waals surface area contributed by atoms with Gasteiger partial charge in [-0.3, -0.25) is 0 Å². The van der Waals surface area contributed by atoms with Crippen molar-refractivity contribution >= 4 is 15.9 Å². The van der Waals surface area contributed by atoms with E-state index in [1.54, 1.807) is 0 Å². The third-order valence-corrected chi connectivity index (χ3v) is 3.76. The van der Waals surface area contributed by atoms with Crippen molar-refractivity contribution in [2.45, 2.75) is 30.8 Å². The van der Waals surface area contributed by atoms with Crippen molar-refractivity contribution in [3.63, 3.8) is 0 Å². The monoisotopic (exact) mass is 271 g/mol. The Labute approximate surface area is 98.0 Å². The van der Waals surface area contributed by atoms with E-state index in [0.29, 0.717) is 13.0 Å². The van der Waals surface area contributed by atoms with E-state index in [2.05, 4.69) is 15.9 Å². The van der Waals surface area contributed by atoms with Crippen LogP contribution in [0, 0.1) is 0 Å². The molecule has 3 heteroatoms. The van der Waals surface area contributed by atoms with Crippen LogP contribution in [0.15, 0.2) is 28.7 Å². The number of hydrogen-bond donors (Lipinski definition) is 1. The lowest BCUT2D eigenvalue weighted by Crippen LogP contribution is -2.24. The molecule has 1 aromatic rings. The van der Waals surface area contributed by atoms with Gasteiger partial charge in [0.2, 0.25) is 0 Å². The van der Waals surface area contributed by atoms with E-state index in [4.69, 9.17) is 5.73 Å². The normalized spacial score (nSPS) is 19.9. The second-order valence-corrected chi connectivity index (χ2v) is 5.12. The summed E-state index contributed by atoms with van der Waals surface area (Å²) in [6, 6.07) is 7.98. The molecule has 1 aromatic carbocycles. The quantitative estimate of drug-likeness (QED) is 0.895. The fourth-order valence-corrected chi connectivity index (χ4v) is 2.39. The first-order valence-corrected chi connectivity index (χ1v) is 6.08. The Morgan fingerprint density at radius 2 is 1.93 bits per heavy atom. The van der Waals surface area contributed by atoms with Gasteiger partial charge in [0.15, 0.2) is 0 Å². The minimum Gasteiger partial charge on any atom is -0.330 e. The molecule has 1 unspecified atom stereocenters. The third-order valence-electron chi connectivity index (χ3n) is 3.23. The van der Waals surface area contributed by atoms with Crippen molar-refractivity contribution in [2.24, 2.45) is 5.73 Å². The first-order chi connectivity index (χ1) is 7.19. The van der Waals surface area contributed by atoms with Gasteiger partial charge in [-0.25, -0.2) is 4.39 Å². The summed E-state index contributed by atoms with van der Waals surface area (Å²) >= 11 is 3.39. The first kappa shape index (κ1) is 11.1. The molecule has 82 valence electrons.